The molecule has 0 radical (unpaired) electrons. The van der Waals surface area contributed by atoms with E-state index in [1.54, 1.807) is 5.57 Å². The number of rotatable bonds is 6. The van der Waals surface area contributed by atoms with Crippen LogP contribution in [0.3, 0.4) is 0 Å². The van der Waals surface area contributed by atoms with Crippen LogP contribution in [0, 0.1) is 28.6 Å². The Morgan fingerprint density at radius 2 is 1.78 bits per heavy atom. The van der Waals surface area contributed by atoms with E-state index in [9.17, 15) is 0 Å². The van der Waals surface area contributed by atoms with Crippen molar-refractivity contribution in [2.24, 2.45) is 28.6 Å². The van der Waals surface area contributed by atoms with Crippen LogP contribution in [0.1, 0.15) is 93.4 Å². The van der Waals surface area contributed by atoms with Gasteiger partial charge in [-0.1, -0.05) is 71.3 Å². The molecule has 0 aromatic carbocycles. The van der Waals surface area contributed by atoms with Gasteiger partial charge in [-0.3, -0.25) is 0 Å². The number of hydrogen-bond donors (Lipinski definition) is 0. The van der Waals surface area contributed by atoms with Crippen LogP contribution in [0.25, 0.3) is 0 Å². The van der Waals surface area contributed by atoms with Crippen LogP contribution in [0.15, 0.2) is 49.6 Å². The molecule has 0 aromatic rings. The van der Waals surface area contributed by atoms with E-state index in [1.807, 2.05) is 13.8 Å². The largest absolute Gasteiger partial charge is 0.106 e. The van der Waals surface area contributed by atoms with Crippen molar-refractivity contribution in [2.45, 2.75) is 93.4 Å². The maximum atomic E-state index is 4.17. The molecule has 1 saturated carbocycles. The molecule has 5 unspecified atom stereocenters. The minimum atomic E-state index is 0.361. The van der Waals surface area contributed by atoms with E-state index in [0.717, 1.165) is 11.8 Å². The van der Waals surface area contributed by atoms with Crippen molar-refractivity contribution in [3.8, 4) is 0 Å². The van der Waals surface area contributed by atoms with Gasteiger partial charge in [-0.05, 0) is 74.0 Å². The lowest BCUT2D eigenvalue weighted by atomic mass is 9.45. The molecule has 2 aliphatic carbocycles. The van der Waals surface area contributed by atoms with Gasteiger partial charge in [-0.15, -0.1) is 26.3 Å². The molecule has 0 saturated heterocycles. The topological polar surface area (TPSA) is 0 Å². The first-order valence-corrected chi connectivity index (χ1v) is 11.3. The first kappa shape index (κ1) is 26.0. The van der Waals surface area contributed by atoms with Crippen LogP contribution in [0.4, 0.5) is 0 Å². The second-order valence-electron chi connectivity index (χ2n) is 8.71. The van der Waals surface area contributed by atoms with E-state index < -0.39 is 0 Å². The van der Waals surface area contributed by atoms with Gasteiger partial charge in [0.2, 0.25) is 0 Å². The van der Waals surface area contributed by atoms with Gasteiger partial charge in [0.05, 0.1) is 0 Å². The lowest BCUT2D eigenvalue weighted by molar-refractivity contribution is -0.0570. The maximum Gasteiger partial charge on any atom is -0.00798 e. The highest BCUT2D eigenvalue weighted by Crippen LogP contribution is 2.63. The minimum Gasteiger partial charge on any atom is -0.106 e. The van der Waals surface area contributed by atoms with Crippen LogP contribution in [-0.2, 0) is 0 Å². The third-order valence-corrected chi connectivity index (χ3v) is 7.43. The van der Waals surface area contributed by atoms with Crippen molar-refractivity contribution in [3.05, 3.63) is 49.6 Å². The quantitative estimate of drug-likeness (QED) is 0.408. The van der Waals surface area contributed by atoms with Crippen LogP contribution < -0.4 is 0 Å². The first-order chi connectivity index (χ1) is 12.8. The molecule has 5 atom stereocenters. The van der Waals surface area contributed by atoms with E-state index in [0.29, 0.717) is 16.7 Å². The number of hydrogen-bond acceptors (Lipinski definition) is 0. The lowest BCUT2D eigenvalue weighted by Gasteiger charge is -2.60. The molecule has 0 heterocycles. The molecule has 2 aliphatic rings. The van der Waals surface area contributed by atoms with Gasteiger partial charge in [0.15, 0.2) is 0 Å². The molecule has 0 aliphatic heterocycles. The normalized spacial score (nSPS) is 34.6. The van der Waals surface area contributed by atoms with Gasteiger partial charge in [0.1, 0.15) is 0 Å². The molecule has 0 heteroatoms. The highest BCUT2D eigenvalue weighted by atomic mass is 14.6. The Morgan fingerprint density at radius 3 is 2.22 bits per heavy atom. The SMILES string of the molecule is C=C.C=CC1CCC2C(C)(CCC(=C)C)C(CC)=CCC2(C)C1CC.CC. The minimum absolute atomic E-state index is 0.361. The third-order valence-electron chi connectivity index (χ3n) is 7.43. The zero-order valence-corrected chi connectivity index (χ0v) is 19.7. The zero-order valence-electron chi connectivity index (χ0n) is 19.7. The predicted molar refractivity (Wildman–Crippen MR) is 126 cm³/mol. The molecule has 0 spiro atoms. The van der Waals surface area contributed by atoms with Crippen LogP contribution in [0.5, 0.6) is 0 Å². The third kappa shape index (κ3) is 5.27. The smallest absolute Gasteiger partial charge is 0.00798 e. The van der Waals surface area contributed by atoms with E-state index in [1.165, 1.54) is 50.5 Å². The summed E-state index contributed by atoms with van der Waals surface area (Å²) in [7, 11) is 0. The maximum absolute atomic E-state index is 4.17. The molecule has 2 rings (SSSR count). The molecule has 0 amide bonds. The van der Waals surface area contributed by atoms with Gasteiger partial charge < -0.3 is 0 Å². The standard InChI is InChI=1S/C23H38.C2H6.C2H4/c1-8-18-11-12-21-22(6,15-13-17(4)5)19(9-2)14-16-23(21,7)20(18)10-3;2*1-2/h8,14,18,20-21H,1,4,9-13,15-16H2,2-3,5-7H3;1-2H3;1-2H2. The second-order valence-corrected chi connectivity index (χ2v) is 8.71. The van der Waals surface area contributed by atoms with E-state index in [2.05, 4.69) is 73.1 Å². The highest BCUT2D eigenvalue weighted by molar-refractivity contribution is 5.25. The summed E-state index contributed by atoms with van der Waals surface area (Å²) >= 11 is 0. The van der Waals surface area contributed by atoms with Gasteiger partial charge in [-0.2, -0.15) is 0 Å². The average molecular weight is 373 g/mol. The van der Waals surface area contributed by atoms with Crippen molar-refractivity contribution in [1.82, 2.24) is 0 Å². The van der Waals surface area contributed by atoms with Crippen molar-refractivity contribution in [3.63, 3.8) is 0 Å². The fraction of sp³-hybridized carbons (Fsp3) is 0.704. The Kier molecular flexibility index (Phi) is 11.3. The Bertz CT molecular complexity index is 496. The zero-order chi connectivity index (χ0) is 21.3. The van der Waals surface area contributed by atoms with E-state index in [4.69, 9.17) is 0 Å². The van der Waals surface area contributed by atoms with Crippen molar-refractivity contribution >= 4 is 0 Å². The molecular formula is C27H48. The highest BCUT2D eigenvalue weighted by Gasteiger charge is 2.55. The summed E-state index contributed by atoms with van der Waals surface area (Å²) in [6.07, 6.45) is 13.8. The number of allylic oxidation sites excluding steroid dienone is 4. The molecule has 0 aromatic heterocycles. The Balaban J connectivity index is 0.00000158. The van der Waals surface area contributed by atoms with Crippen LogP contribution >= 0.6 is 0 Å². The Hall–Kier alpha value is -1.04. The predicted octanol–water partition coefficient (Wildman–Crippen LogP) is 9.16. The first-order valence-electron chi connectivity index (χ1n) is 11.3. The van der Waals surface area contributed by atoms with Crippen LogP contribution in [0.2, 0.25) is 0 Å². The Morgan fingerprint density at radius 1 is 1.19 bits per heavy atom. The van der Waals surface area contributed by atoms with Gasteiger partial charge in [0, 0.05) is 0 Å². The fourth-order valence-corrected chi connectivity index (χ4v) is 6.18. The number of fused-ring (bicyclic) bond motifs is 1. The average Bonchev–Trinajstić information content (AvgIpc) is 2.68. The summed E-state index contributed by atoms with van der Waals surface area (Å²) in [5.74, 6) is 2.32. The monoisotopic (exact) mass is 372 g/mol. The lowest BCUT2D eigenvalue weighted by Crippen LogP contribution is -2.52. The Labute approximate surface area is 171 Å². The summed E-state index contributed by atoms with van der Waals surface area (Å²) in [6.45, 7) is 30.4. The van der Waals surface area contributed by atoms with Gasteiger partial charge in [-0.25, -0.2) is 0 Å². The van der Waals surface area contributed by atoms with Gasteiger partial charge in [0.25, 0.3) is 0 Å². The molecule has 0 nitrogen and oxygen atoms in total. The summed E-state index contributed by atoms with van der Waals surface area (Å²) in [6, 6.07) is 0. The fourth-order valence-electron chi connectivity index (χ4n) is 6.18. The molecular weight excluding hydrogens is 324 g/mol. The second kappa shape index (κ2) is 11.7. The van der Waals surface area contributed by atoms with E-state index in [-0.39, 0.29) is 0 Å². The summed E-state index contributed by atoms with van der Waals surface area (Å²) in [5, 5.41) is 0. The molecule has 156 valence electrons. The van der Waals surface area contributed by atoms with Crippen LogP contribution in [-0.4, -0.2) is 0 Å². The summed E-state index contributed by atoms with van der Waals surface area (Å²) < 4.78 is 0. The molecule has 27 heavy (non-hydrogen) atoms. The van der Waals surface area contributed by atoms with Crippen molar-refractivity contribution < 1.29 is 0 Å². The molecule has 1 fully saturated rings. The summed E-state index contributed by atoms with van der Waals surface area (Å²) in [5.41, 5.74) is 3.85. The van der Waals surface area contributed by atoms with Crippen molar-refractivity contribution in [2.75, 3.05) is 0 Å². The van der Waals surface area contributed by atoms with Crippen molar-refractivity contribution in [1.29, 1.82) is 0 Å². The molecule has 0 bridgehead atoms. The van der Waals surface area contributed by atoms with E-state index >= 15 is 0 Å². The van der Waals surface area contributed by atoms with Gasteiger partial charge >= 0.3 is 0 Å². The summed E-state index contributed by atoms with van der Waals surface area (Å²) in [4.78, 5) is 0. The molecule has 0 N–H and O–H groups in total.